The molecule has 3 aromatic rings. The first-order valence-corrected chi connectivity index (χ1v) is 6.81. The minimum Gasteiger partial charge on any atom is -0.479 e. The molecule has 0 aliphatic carbocycles. The summed E-state index contributed by atoms with van der Waals surface area (Å²) in [6.07, 6.45) is 0. The van der Waals surface area contributed by atoms with Crippen molar-refractivity contribution in [2.75, 3.05) is 0 Å². The molecule has 1 amide bonds. The molecule has 0 radical (unpaired) electrons. The number of H-pyrrole nitrogens is 1. The second kappa shape index (κ2) is 5.73. The molecule has 1 aromatic heterocycles. The number of carbonyl (C=O) groups excluding carboxylic acids is 1. The van der Waals surface area contributed by atoms with Crippen molar-refractivity contribution in [2.24, 2.45) is 0 Å². The van der Waals surface area contributed by atoms with E-state index in [9.17, 15) is 14.7 Å². The summed E-state index contributed by atoms with van der Waals surface area (Å²) >= 11 is 0. The Bertz CT molecular complexity index is 791. The number of aromatic amines is 1. The molecule has 0 saturated heterocycles. The summed E-state index contributed by atoms with van der Waals surface area (Å²) in [5, 5.41) is 12.8. The smallest absolute Gasteiger partial charge is 0.330 e. The van der Waals surface area contributed by atoms with E-state index in [0.717, 1.165) is 10.9 Å². The van der Waals surface area contributed by atoms with Crippen LogP contribution in [0.4, 0.5) is 0 Å². The molecule has 0 spiro atoms. The van der Waals surface area contributed by atoms with E-state index in [1.807, 2.05) is 24.3 Å². The third kappa shape index (κ3) is 2.69. The first-order chi connectivity index (χ1) is 10.6. The Hall–Kier alpha value is -3.08. The molecule has 0 aliphatic heterocycles. The Labute approximate surface area is 126 Å². The minimum atomic E-state index is -1.10. The number of benzene rings is 2. The SMILES string of the molecule is O=C(N[C@H](C(=O)O)c1ccccc1)c1cc2ccccc2[nH]1. The molecule has 0 aliphatic rings. The van der Waals surface area contributed by atoms with Crippen LogP contribution in [-0.4, -0.2) is 22.0 Å². The van der Waals surface area contributed by atoms with Gasteiger partial charge in [-0.15, -0.1) is 0 Å². The van der Waals surface area contributed by atoms with Gasteiger partial charge in [-0.2, -0.15) is 0 Å². The molecule has 0 bridgehead atoms. The van der Waals surface area contributed by atoms with Crippen molar-refractivity contribution in [1.82, 2.24) is 10.3 Å². The van der Waals surface area contributed by atoms with Crippen molar-refractivity contribution in [1.29, 1.82) is 0 Å². The maximum absolute atomic E-state index is 12.3. The zero-order valence-corrected chi connectivity index (χ0v) is 11.6. The molecule has 0 fully saturated rings. The van der Waals surface area contributed by atoms with Crippen LogP contribution >= 0.6 is 0 Å². The summed E-state index contributed by atoms with van der Waals surface area (Å²) < 4.78 is 0. The molecule has 0 unspecified atom stereocenters. The number of nitrogens with one attached hydrogen (secondary N) is 2. The van der Waals surface area contributed by atoms with Gasteiger partial charge in [0.15, 0.2) is 6.04 Å². The summed E-state index contributed by atoms with van der Waals surface area (Å²) in [4.78, 5) is 26.7. The van der Waals surface area contributed by atoms with Crippen LogP contribution in [0.3, 0.4) is 0 Å². The Balaban J connectivity index is 1.86. The molecule has 3 rings (SSSR count). The average Bonchev–Trinajstić information content (AvgIpc) is 2.97. The van der Waals surface area contributed by atoms with Gasteiger partial charge < -0.3 is 15.4 Å². The number of hydrogen-bond acceptors (Lipinski definition) is 2. The van der Waals surface area contributed by atoms with E-state index in [1.165, 1.54) is 0 Å². The molecule has 2 aromatic carbocycles. The van der Waals surface area contributed by atoms with Gasteiger partial charge in [0, 0.05) is 10.9 Å². The van der Waals surface area contributed by atoms with Crippen molar-refractivity contribution >= 4 is 22.8 Å². The summed E-state index contributed by atoms with van der Waals surface area (Å²) in [5.41, 5.74) is 1.70. The van der Waals surface area contributed by atoms with Crippen LogP contribution in [0.2, 0.25) is 0 Å². The number of aromatic nitrogens is 1. The highest BCUT2D eigenvalue weighted by Gasteiger charge is 2.23. The summed E-state index contributed by atoms with van der Waals surface area (Å²) in [6, 6.07) is 16.7. The van der Waals surface area contributed by atoms with E-state index < -0.39 is 17.9 Å². The van der Waals surface area contributed by atoms with Crippen LogP contribution in [0, 0.1) is 0 Å². The van der Waals surface area contributed by atoms with Crippen molar-refractivity contribution in [3.05, 3.63) is 71.9 Å². The molecular weight excluding hydrogens is 280 g/mol. The molecule has 3 N–H and O–H groups in total. The molecule has 110 valence electrons. The fourth-order valence-electron chi connectivity index (χ4n) is 2.34. The van der Waals surface area contributed by atoms with Crippen molar-refractivity contribution in [2.45, 2.75) is 6.04 Å². The van der Waals surface area contributed by atoms with Gasteiger partial charge in [-0.1, -0.05) is 48.5 Å². The highest BCUT2D eigenvalue weighted by molar-refractivity contribution is 5.99. The lowest BCUT2D eigenvalue weighted by Crippen LogP contribution is -2.33. The second-order valence-corrected chi connectivity index (χ2v) is 4.93. The van der Waals surface area contributed by atoms with Crippen LogP contribution in [0.1, 0.15) is 22.1 Å². The van der Waals surface area contributed by atoms with E-state index in [2.05, 4.69) is 10.3 Å². The Kier molecular flexibility index (Phi) is 3.62. The Morgan fingerprint density at radius 2 is 1.68 bits per heavy atom. The topological polar surface area (TPSA) is 82.2 Å². The quantitative estimate of drug-likeness (QED) is 0.692. The van der Waals surface area contributed by atoms with Gasteiger partial charge in [-0.05, 0) is 17.7 Å². The zero-order chi connectivity index (χ0) is 15.5. The van der Waals surface area contributed by atoms with Crippen LogP contribution in [0.5, 0.6) is 0 Å². The predicted molar refractivity (Wildman–Crippen MR) is 82.6 cm³/mol. The number of carboxylic acid groups (broad SMARTS) is 1. The fourth-order valence-corrected chi connectivity index (χ4v) is 2.34. The number of amides is 1. The van der Waals surface area contributed by atoms with Crippen LogP contribution in [-0.2, 0) is 4.79 Å². The summed E-state index contributed by atoms with van der Waals surface area (Å²) in [6.45, 7) is 0. The fraction of sp³-hybridized carbons (Fsp3) is 0.0588. The largest absolute Gasteiger partial charge is 0.479 e. The number of para-hydroxylation sites is 1. The first kappa shape index (κ1) is 13.9. The zero-order valence-electron chi connectivity index (χ0n) is 11.6. The van der Waals surface area contributed by atoms with Gasteiger partial charge in [-0.3, -0.25) is 4.79 Å². The normalized spacial score (nSPS) is 12.0. The van der Waals surface area contributed by atoms with E-state index in [4.69, 9.17) is 0 Å². The molecule has 5 nitrogen and oxygen atoms in total. The third-order valence-corrected chi connectivity index (χ3v) is 3.43. The molecule has 5 heteroatoms. The standard InChI is InChI=1S/C17H14N2O3/c20-16(14-10-12-8-4-5-9-13(12)18-14)19-15(17(21)22)11-6-2-1-3-7-11/h1-10,15,18H,(H,19,20)(H,21,22)/t15-/m0/s1. The number of fused-ring (bicyclic) bond motifs is 1. The molecule has 0 saturated carbocycles. The van der Waals surface area contributed by atoms with Crippen LogP contribution in [0.15, 0.2) is 60.7 Å². The maximum atomic E-state index is 12.3. The highest BCUT2D eigenvalue weighted by Crippen LogP contribution is 2.17. The van der Waals surface area contributed by atoms with Crippen molar-refractivity contribution < 1.29 is 14.7 Å². The lowest BCUT2D eigenvalue weighted by molar-refractivity contribution is -0.139. The molecule has 22 heavy (non-hydrogen) atoms. The van der Waals surface area contributed by atoms with Gasteiger partial charge in [0.1, 0.15) is 5.69 Å². The average molecular weight is 294 g/mol. The Morgan fingerprint density at radius 1 is 1.00 bits per heavy atom. The van der Waals surface area contributed by atoms with Gasteiger partial charge >= 0.3 is 5.97 Å². The lowest BCUT2D eigenvalue weighted by Gasteiger charge is -2.14. The van der Waals surface area contributed by atoms with E-state index >= 15 is 0 Å². The van der Waals surface area contributed by atoms with E-state index in [-0.39, 0.29) is 0 Å². The number of carbonyl (C=O) groups is 2. The van der Waals surface area contributed by atoms with E-state index in [0.29, 0.717) is 11.3 Å². The van der Waals surface area contributed by atoms with Gasteiger partial charge in [0.25, 0.3) is 5.91 Å². The highest BCUT2D eigenvalue weighted by atomic mass is 16.4. The molecule has 1 heterocycles. The lowest BCUT2D eigenvalue weighted by atomic mass is 10.1. The van der Waals surface area contributed by atoms with E-state index in [1.54, 1.807) is 36.4 Å². The number of aliphatic carboxylic acids is 1. The van der Waals surface area contributed by atoms with Crippen LogP contribution in [0.25, 0.3) is 10.9 Å². The monoisotopic (exact) mass is 294 g/mol. The van der Waals surface area contributed by atoms with Crippen LogP contribution < -0.4 is 5.32 Å². The van der Waals surface area contributed by atoms with Gasteiger partial charge in [-0.25, -0.2) is 4.79 Å². The summed E-state index contributed by atoms with van der Waals surface area (Å²) in [7, 11) is 0. The van der Waals surface area contributed by atoms with Gasteiger partial charge in [0.2, 0.25) is 0 Å². The Morgan fingerprint density at radius 3 is 2.36 bits per heavy atom. The van der Waals surface area contributed by atoms with Crippen molar-refractivity contribution in [3.63, 3.8) is 0 Å². The van der Waals surface area contributed by atoms with Gasteiger partial charge in [0.05, 0.1) is 0 Å². The molecular formula is C17H14N2O3. The minimum absolute atomic E-state index is 0.336. The third-order valence-electron chi connectivity index (χ3n) is 3.43. The molecule has 1 atom stereocenters. The number of rotatable bonds is 4. The first-order valence-electron chi connectivity index (χ1n) is 6.81. The summed E-state index contributed by atoms with van der Waals surface area (Å²) in [5.74, 6) is -1.55. The number of hydrogen-bond donors (Lipinski definition) is 3. The van der Waals surface area contributed by atoms with Crippen molar-refractivity contribution in [3.8, 4) is 0 Å². The second-order valence-electron chi connectivity index (χ2n) is 4.93. The number of carboxylic acids is 1. The predicted octanol–water partition coefficient (Wildman–Crippen LogP) is 2.72. The maximum Gasteiger partial charge on any atom is 0.330 e.